The van der Waals surface area contributed by atoms with Crippen LogP contribution in [0.4, 0.5) is 0 Å². The van der Waals surface area contributed by atoms with Crippen molar-refractivity contribution < 1.29 is 19.3 Å². The zero-order valence-electron chi connectivity index (χ0n) is 13.3. The summed E-state index contributed by atoms with van der Waals surface area (Å²) in [5.41, 5.74) is 2.19. The van der Waals surface area contributed by atoms with E-state index in [1.54, 1.807) is 0 Å². The molecule has 1 heterocycles. The highest BCUT2D eigenvalue weighted by Crippen LogP contribution is 2.29. The van der Waals surface area contributed by atoms with Crippen molar-refractivity contribution in [1.82, 2.24) is 0 Å². The predicted octanol–water partition coefficient (Wildman–Crippen LogP) is 3.27. The summed E-state index contributed by atoms with van der Waals surface area (Å²) >= 11 is 3.47. The van der Waals surface area contributed by atoms with Gasteiger partial charge in [-0.15, -0.1) is 0 Å². The zero-order valence-corrected chi connectivity index (χ0v) is 14.8. The van der Waals surface area contributed by atoms with Gasteiger partial charge in [0.15, 0.2) is 6.29 Å². The van der Waals surface area contributed by atoms with Crippen molar-refractivity contribution >= 4 is 15.9 Å². The standard InChI is InChI=1S/C19H21BrO4/c20-17-18(23-12-15-9-5-2-6-10-15)16(24-19(17)21)13-22-11-14-7-3-1-4-8-14/h1-10,16-19,21H,11-13H2/t16-,17-,18+,19?/m1/s1. The first-order chi connectivity index (χ1) is 11.7. The SMILES string of the molecule is OC1O[C@H](COCc2ccccc2)[C@H](OCc2ccccc2)[C@H]1Br. The summed E-state index contributed by atoms with van der Waals surface area (Å²) in [7, 11) is 0. The van der Waals surface area contributed by atoms with Crippen molar-refractivity contribution in [1.29, 1.82) is 0 Å². The lowest BCUT2D eigenvalue weighted by molar-refractivity contribution is -0.121. The number of ether oxygens (including phenoxy) is 3. The summed E-state index contributed by atoms with van der Waals surface area (Å²) in [4.78, 5) is -0.272. The van der Waals surface area contributed by atoms with Gasteiger partial charge >= 0.3 is 0 Å². The van der Waals surface area contributed by atoms with Crippen LogP contribution in [0.25, 0.3) is 0 Å². The molecule has 0 radical (unpaired) electrons. The fourth-order valence-electron chi connectivity index (χ4n) is 2.67. The highest BCUT2D eigenvalue weighted by Gasteiger charge is 2.43. The zero-order chi connectivity index (χ0) is 16.8. The van der Waals surface area contributed by atoms with Crippen LogP contribution in [0, 0.1) is 0 Å². The summed E-state index contributed by atoms with van der Waals surface area (Å²) in [6, 6.07) is 19.9. The van der Waals surface area contributed by atoms with Gasteiger partial charge in [-0.05, 0) is 11.1 Å². The van der Waals surface area contributed by atoms with Gasteiger partial charge in [0.1, 0.15) is 12.2 Å². The third-order valence-electron chi connectivity index (χ3n) is 3.95. The van der Waals surface area contributed by atoms with Crippen molar-refractivity contribution in [2.45, 2.75) is 36.5 Å². The lowest BCUT2D eigenvalue weighted by Crippen LogP contribution is -2.34. The van der Waals surface area contributed by atoms with E-state index in [2.05, 4.69) is 15.9 Å². The number of benzene rings is 2. The number of aliphatic hydroxyl groups is 1. The normalized spacial score (nSPS) is 26.6. The monoisotopic (exact) mass is 392 g/mol. The van der Waals surface area contributed by atoms with Gasteiger partial charge in [-0.25, -0.2) is 0 Å². The third kappa shape index (κ3) is 4.65. The van der Waals surface area contributed by atoms with Gasteiger partial charge < -0.3 is 19.3 Å². The van der Waals surface area contributed by atoms with Crippen LogP contribution in [0.2, 0.25) is 0 Å². The molecule has 1 fully saturated rings. The van der Waals surface area contributed by atoms with Gasteiger partial charge in [-0.1, -0.05) is 76.6 Å². The van der Waals surface area contributed by atoms with Crippen molar-refractivity contribution in [3.63, 3.8) is 0 Å². The minimum Gasteiger partial charge on any atom is -0.374 e. The van der Waals surface area contributed by atoms with Crippen molar-refractivity contribution in [3.05, 3.63) is 71.8 Å². The van der Waals surface area contributed by atoms with Gasteiger partial charge in [-0.2, -0.15) is 0 Å². The Kier molecular flexibility index (Phi) is 6.40. The molecule has 0 amide bonds. The van der Waals surface area contributed by atoms with Gasteiger partial charge in [0.05, 0.1) is 24.6 Å². The van der Waals surface area contributed by atoms with E-state index in [1.807, 2.05) is 60.7 Å². The van der Waals surface area contributed by atoms with Crippen LogP contribution in [-0.2, 0) is 27.4 Å². The van der Waals surface area contributed by atoms with Crippen molar-refractivity contribution in [2.24, 2.45) is 0 Å². The van der Waals surface area contributed by atoms with Crippen molar-refractivity contribution in [2.75, 3.05) is 6.61 Å². The lowest BCUT2D eigenvalue weighted by atomic mass is 10.2. The van der Waals surface area contributed by atoms with Crippen molar-refractivity contribution in [3.8, 4) is 0 Å². The van der Waals surface area contributed by atoms with Gasteiger partial charge in [0.2, 0.25) is 0 Å². The molecule has 3 rings (SSSR count). The van der Waals surface area contributed by atoms with E-state index in [0.29, 0.717) is 19.8 Å². The van der Waals surface area contributed by atoms with Gasteiger partial charge in [-0.3, -0.25) is 0 Å². The van der Waals surface area contributed by atoms with E-state index < -0.39 is 6.29 Å². The molecule has 0 saturated carbocycles. The average Bonchev–Trinajstić information content (AvgIpc) is 2.89. The van der Waals surface area contributed by atoms with Gasteiger partial charge in [0, 0.05) is 0 Å². The highest BCUT2D eigenvalue weighted by atomic mass is 79.9. The van der Waals surface area contributed by atoms with Crippen LogP contribution in [0.15, 0.2) is 60.7 Å². The summed E-state index contributed by atoms with van der Waals surface area (Å²) in [6.45, 7) is 1.35. The Bertz CT molecular complexity index is 607. The average molecular weight is 393 g/mol. The highest BCUT2D eigenvalue weighted by molar-refractivity contribution is 9.09. The second kappa shape index (κ2) is 8.74. The molecule has 4 nitrogen and oxygen atoms in total. The smallest absolute Gasteiger partial charge is 0.170 e. The first kappa shape index (κ1) is 17.6. The van der Waals surface area contributed by atoms with Crippen LogP contribution < -0.4 is 0 Å². The topological polar surface area (TPSA) is 47.9 Å². The predicted molar refractivity (Wildman–Crippen MR) is 94.7 cm³/mol. The molecule has 1 aliphatic rings. The first-order valence-corrected chi connectivity index (χ1v) is 8.90. The molecule has 5 heteroatoms. The van der Waals surface area contributed by atoms with Crippen LogP contribution in [0.1, 0.15) is 11.1 Å². The molecule has 1 aliphatic heterocycles. The Labute approximate surface area is 150 Å². The molecular formula is C19H21BrO4. The minimum absolute atomic E-state index is 0.268. The molecule has 0 aromatic heterocycles. The Balaban J connectivity index is 1.52. The van der Waals surface area contributed by atoms with E-state index in [-0.39, 0.29) is 17.0 Å². The largest absolute Gasteiger partial charge is 0.374 e. The van der Waals surface area contributed by atoms with Crippen LogP contribution >= 0.6 is 15.9 Å². The fraction of sp³-hybridized carbons (Fsp3) is 0.368. The van der Waals surface area contributed by atoms with Crippen LogP contribution in [-0.4, -0.2) is 35.0 Å². The van der Waals surface area contributed by atoms with E-state index in [1.165, 1.54) is 0 Å². The number of aliphatic hydroxyl groups excluding tert-OH is 1. The number of rotatable bonds is 7. The number of hydrogen-bond donors (Lipinski definition) is 1. The van der Waals surface area contributed by atoms with Crippen LogP contribution in [0.5, 0.6) is 0 Å². The fourth-order valence-corrected chi connectivity index (χ4v) is 3.28. The molecule has 4 atom stereocenters. The molecule has 1 unspecified atom stereocenters. The molecule has 0 aliphatic carbocycles. The Hall–Kier alpha value is -1.24. The molecule has 128 valence electrons. The Morgan fingerprint density at radius 1 is 0.917 bits per heavy atom. The number of hydrogen-bond acceptors (Lipinski definition) is 4. The first-order valence-electron chi connectivity index (χ1n) is 7.99. The summed E-state index contributed by atoms with van der Waals surface area (Å²) < 4.78 is 17.3. The maximum atomic E-state index is 9.95. The molecule has 1 saturated heterocycles. The summed E-state index contributed by atoms with van der Waals surface area (Å²) in [6.07, 6.45) is -1.47. The molecule has 0 bridgehead atoms. The second-order valence-electron chi connectivity index (χ2n) is 5.77. The summed E-state index contributed by atoms with van der Waals surface area (Å²) in [5, 5.41) is 9.95. The molecular weight excluding hydrogens is 372 g/mol. The molecule has 2 aromatic rings. The molecule has 2 aromatic carbocycles. The quantitative estimate of drug-likeness (QED) is 0.734. The van der Waals surface area contributed by atoms with E-state index in [9.17, 15) is 5.11 Å². The van der Waals surface area contributed by atoms with E-state index in [4.69, 9.17) is 14.2 Å². The molecule has 0 spiro atoms. The number of alkyl halides is 1. The molecule has 24 heavy (non-hydrogen) atoms. The second-order valence-corrected chi connectivity index (χ2v) is 6.83. The van der Waals surface area contributed by atoms with Gasteiger partial charge in [0.25, 0.3) is 0 Å². The number of halogens is 1. The van der Waals surface area contributed by atoms with E-state index in [0.717, 1.165) is 11.1 Å². The Morgan fingerprint density at radius 2 is 1.50 bits per heavy atom. The maximum absolute atomic E-state index is 9.95. The van der Waals surface area contributed by atoms with E-state index >= 15 is 0 Å². The minimum atomic E-state index is -0.893. The Morgan fingerprint density at radius 3 is 2.12 bits per heavy atom. The summed E-state index contributed by atoms with van der Waals surface area (Å²) in [5.74, 6) is 0. The lowest BCUT2D eigenvalue weighted by Gasteiger charge is -2.20. The third-order valence-corrected chi connectivity index (χ3v) is 4.92. The molecule has 1 N–H and O–H groups in total. The maximum Gasteiger partial charge on any atom is 0.170 e. The van der Waals surface area contributed by atoms with Crippen LogP contribution in [0.3, 0.4) is 0 Å².